The number of carbonyl (C=O) groups is 5. The van der Waals surface area contributed by atoms with Crippen molar-refractivity contribution < 1.29 is 34.2 Å². The third kappa shape index (κ3) is 10.4. The minimum atomic E-state index is -1.35. The molecular weight excluding hydrogens is 450 g/mol. The Labute approximate surface area is 196 Å². The number of H-pyrrole nitrogens is 1. The van der Waals surface area contributed by atoms with Crippen LogP contribution in [0.2, 0.25) is 0 Å². The van der Waals surface area contributed by atoms with Crippen LogP contribution in [-0.4, -0.2) is 80.6 Å². The first-order valence-electron chi connectivity index (χ1n) is 10.8. The summed E-state index contributed by atoms with van der Waals surface area (Å²) in [5, 5.41) is 25.5. The van der Waals surface area contributed by atoms with Crippen molar-refractivity contribution in [3.05, 3.63) is 18.2 Å². The van der Waals surface area contributed by atoms with Gasteiger partial charge < -0.3 is 42.6 Å². The summed E-state index contributed by atoms with van der Waals surface area (Å²) >= 11 is 0. The van der Waals surface area contributed by atoms with Crippen LogP contribution in [0, 0.1) is 0 Å². The highest BCUT2D eigenvalue weighted by molar-refractivity contribution is 5.94. The van der Waals surface area contributed by atoms with Crippen LogP contribution in [0.5, 0.6) is 0 Å². The molecule has 14 heteroatoms. The van der Waals surface area contributed by atoms with Gasteiger partial charge in [0.05, 0.1) is 12.4 Å². The number of aromatic amines is 1. The van der Waals surface area contributed by atoms with Crippen molar-refractivity contribution >= 4 is 29.7 Å². The van der Waals surface area contributed by atoms with E-state index in [1.54, 1.807) is 0 Å². The molecule has 0 bridgehead atoms. The van der Waals surface area contributed by atoms with Gasteiger partial charge in [-0.2, -0.15) is 0 Å². The van der Waals surface area contributed by atoms with Crippen LogP contribution in [0.25, 0.3) is 0 Å². The van der Waals surface area contributed by atoms with Gasteiger partial charge in [-0.25, -0.2) is 9.78 Å². The van der Waals surface area contributed by atoms with E-state index in [1.165, 1.54) is 19.4 Å². The Hall–Kier alpha value is -3.52. The molecule has 0 aliphatic rings. The number of carboxylic acids is 2. The molecule has 3 amide bonds. The first kappa shape index (κ1) is 28.5. The predicted molar refractivity (Wildman–Crippen MR) is 119 cm³/mol. The third-order valence-corrected chi connectivity index (χ3v) is 4.93. The quantitative estimate of drug-likeness (QED) is 0.118. The minimum Gasteiger partial charge on any atom is -0.481 e. The maximum absolute atomic E-state index is 12.7. The lowest BCUT2D eigenvalue weighted by molar-refractivity contribution is -0.143. The van der Waals surface area contributed by atoms with Gasteiger partial charge in [-0.05, 0) is 32.7 Å². The molecule has 10 N–H and O–H groups in total. The van der Waals surface area contributed by atoms with Crippen molar-refractivity contribution in [1.29, 1.82) is 0 Å². The average molecular weight is 484 g/mol. The second-order valence-corrected chi connectivity index (χ2v) is 7.80. The molecule has 4 atom stereocenters. The second-order valence-electron chi connectivity index (χ2n) is 7.80. The maximum Gasteiger partial charge on any atom is 0.326 e. The summed E-state index contributed by atoms with van der Waals surface area (Å²) in [5.74, 6) is -4.72. The summed E-state index contributed by atoms with van der Waals surface area (Å²) in [4.78, 5) is 66.5. The van der Waals surface area contributed by atoms with Gasteiger partial charge in [-0.3, -0.25) is 19.2 Å². The predicted octanol–water partition coefficient (Wildman–Crippen LogP) is -2.17. The van der Waals surface area contributed by atoms with E-state index in [9.17, 15) is 29.1 Å². The van der Waals surface area contributed by atoms with Crippen molar-refractivity contribution in [2.24, 2.45) is 11.5 Å². The number of hydrogen-bond acceptors (Lipinski definition) is 8. The number of amides is 3. The number of aliphatic carboxylic acids is 2. The molecule has 0 aromatic carbocycles. The van der Waals surface area contributed by atoms with Crippen molar-refractivity contribution in [3.63, 3.8) is 0 Å². The molecule has 0 fully saturated rings. The number of rotatable bonds is 16. The van der Waals surface area contributed by atoms with Gasteiger partial charge >= 0.3 is 11.9 Å². The van der Waals surface area contributed by atoms with E-state index in [0.29, 0.717) is 31.5 Å². The number of hydrogen-bond donors (Lipinski definition) is 8. The normalized spacial score (nSPS) is 14.3. The lowest BCUT2D eigenvalue weighted by Crippen LogP contribution is -2.56. The van der Waals surface area contributed by atoms with E-state index in [0.717, 1.165) is 0 Å². The SMILES string of the molecule is CC(NC(=O)C(N)CCCCN)C(=O)NC(CCC(=O)O)C(=O)NC(Cc1cnc[nH]1)C(=O)O. The number of carbonyl (C=O) groups excluding carboxylic acids is 3. The number of unbranched alkanes of at least 4 members (excludes halogenated alkanes) is 1. The molecule has 1 rings (SSSR count). The fraction of sp³-hybridized carbons (Fsp3) is 0.600. The highest BCUT2D eigenvalue weighted by Gasteiger charge is 2.29. The van der Waals surface area contributed by atoms with Gasteiger partial charge in [0.2, 0.25) is 17.7 Å². The second kappa shape index (κ2) is 14.6. The third-order valence-electron chi connectivity index (χ3n) is 4.93. The molecule has 0 radical (unpaired) electrons. The number of carboxylic acid groups (broad SMARTS) is 2. The fourth-order valence-corrected chi connectivity index (χ4v) is 2.95. The van der Waals surface area contributed by atoms with E-state index in [2.05, 4.69) is 25.9 Å². The zero-order chi connectivity index (χ0) is 25.7. The molecular formula is C20H33N7O7. The van der Waals surface area contributed by atoms with Crippen LogP contribution in [0.4, 0.5) is 0 Å². The molecule has 1 aromatic rings. The monoisotopic (exact) mass is 483 g/mol. The molecule has 4 unspecified atom stereocenters. The van der Waals surface area contributed by atoms with Gasteiger partial charge in [0.15, 0.2) is 0 Å². The fourth-order valence-electron chi connectivity index (χ4n) is 2.95. The maximum atomic E-state index is 12.7. The van der Waals surface area contributed by atoms with Gasteiger partial charge in [-0.15, -0.1) is 0 Å². The van der Waals surface area contributed by atoms with Crippen LogP contribution < -0.4 is 27.4 Å². The number of nitrogens with zero attached hydrogens (tertiary/aromatic N) is 1. The van der Waals surface area contributed by atoms with E-state index in [4.69, 9.17) is 16.6 Å². The molecule has 0 aliphatic carbocycles. The highest BCUT2D eigenvalue weighted by atomic mass is 16.4. The Morgan fingerprint density at radius 2 is 1.68 bits per heavy atom. The number of nitrogens with one attached hydrogen (secondary N) is 4. The molecule has 190 valence electrons. The van der Waals surface area contributed by atoms with Crippen molar-refractivity contribution in [2.45, 2.75) is 69.6 Å². The Bertz CT molecular complexity index is 831. The molecule has 34 heavy (non-hydrogen) atoms. The first-order valence-corrected chi connectivity index (χ1v) is 10.8. The molecule has 0 saturated carbocycles. The van der Waals surface area contributed by atoms with Crippen LogP contribution in [0.1, 0.15) is 44.7 Å². The van der Waals surface area contributed by atoms with Crippen molar-refractivity contribution in [2.75, 3.05) is 6.54 Å². The summed E-state index contributed by atoms with van der Waals surface area (Å²) in [6.07, 6.45) is 3.64. The Morgan fingerprint density at radius 1 is 1.00 bits per heavy atom. The molecule has 1 aromatic heterocycles. The lowest BCUT2D eigenvalue weighted by Gasteiger charge is -2.23. The van der Waals surface area contributed by atoms with E-state index in [-0.39, 0.29) is 12.8 Å². The lowest BCUT2D eigenvalue weighted by atomic mass is 10.1. The first-order chi connectivity index (χ1) is 16.0. The van der Waals surface area contributed by atoms with Crippen LogP contribution in [0.3, 0.4) is 0 Å². The standard InChI is InChI=1S/C20H33N7O7/c1-11(25-18(31)13(22)4-2-3-7-21)17(30)26-14(5-6-16(28)29)19(32)27-15(20(33)34)8-12-9-23-10-24-12/h9-11,13-15H,2-8,21-22H2,1H3,(H,23,24)(H,25,31)(H,26,30)(H,27,32)(H,28,29)(H,33,34). The zero-order valence-electron chi connectivity index (χ0n) is 19.0. The molecule has 1 heterocycles. The minimum absolute atomic E-state index is 0.102. The Kier molecular flexibility index (Phi) is 12.2. The molecule has 0 spiro atoms. The number of imidazole rings is 1. The molecule has 0 saturated heterocycles. The van der Waals surface area contributed by atoms with Gasteiger partial charge in [-0.1, -0.05) is 6.42 Å². The van der Waals surface area contributed by atoms with Gasteiger partial charge in [0.25, 0.3) is 0 Å². The summed E-state index contributed by atoms with van der Waals surface area (Å²) in [5.41, 5.74) is 11.7. The van der Waals surface area contributed by atoms with Crippen LogP contribution >= 0.6 is 0 Å². The summed E-state index contributed by atoms with van der Waals surface area (Å²) < 4.78 is 0. The molecule has 0 aliphatic heterocycles. The van der Waals surface area contributed by atoms with Crippen LogP contribution in [0.15, 0.2) is 12.5 Å². The smallest absolute Gasteiger partial charge is 0.326 e. The zero-order valence-corrected chi connectivity index (χ0v) is 19.0. The topological polar surface area (TPSA) is 243 Å². The van der Waals surface area contributed by atoms with E-state index in [1.807, 2.05) is 0 Å². The van der Waals surface area contributed by atoms with Crippen molar-refractivity contribution in [1.82, 2.24) is 25.9 Å². The summed E-state index contributed by atoms with van der Waals surface area (Å²) in [6, 6.07) is -4.61. The molecule has 14 nitrogen and oxygen atoms in total. The largest absolute Gasteiger partial charge is 0.481 e. The number of nitrogens with two attached hydrogens (primary N) is 2. The number of aromatic nitrogens is 2. The van der Waals surface area contributed by atoms with E-state index < -0.39 is 60.2 Å². The Morgan fingerprint density at radius 3 is 2.24 bits per heavy atom. The van der Waals surface area contributed by atoms with Crippen molar-refractivity contribution in [3.8, 4) is 0 Å². The van der Waals surface area contributed by atoms with E-state index >= 15 is 0 Å². The Balaban J connectivity index is 2.78. The van der Waals surface area contributed by atoms with Gasteiger partial charge in [0, 0.05) is 24.7 Å². The average Bonchev–Trinajstić information content (AvgIpc) is 3.28. The summed E-state index contributed by atoms with van der Waals surface area (Å²) in [7, 11) is 0. The highest BCUT2D eigenvalue weighted by Crippen LogP contribution is 2.04. The van der Waals surface area contributed by atoms with Gasteiger partial charge in [0.1, 0.15) is 18.1 Å². The van der Waals surface area contributed by atoms with Crippen LogP contribution in [-0.2, 0) is 30.4 Å². The summed E-state index contributed by atoms with van der Waals surface area (Å²) in [6.45, 7) is 1.85.